The summed E-state index contributed by atoms with van der Waals surface area (Å²) in [5, 5.41) is 3.84. The summed E-state index contributed by atoms with van der Waals surface area (Å²) in [6.45, 7) is 6.91. The third-order valence-electron chi connectivity index (χ3n) is 4.99. The van der Waals surface area contributed by atoms with Crippen LogP contribution in [0.3, 0.4) is 0 Å². The molecule has 1 atom stereocenters. The Hall–Kier alpha value is -2.80. The van der Waals surface area contributed by atoms with E-state index in [-0.39, 0.29) is 17.9 Å². The van der Waals surface area contributed by atoms with Crippen LogP contribution in [0, 0.1) is 0 Å². The van der Waals surface area contributed by atoms with Crippen LogP contribution in [0.4, 0.5) is 0 Å². The van der Waals surface area contributed by atoms with Crippen LogP contribution in [0.15, 0.2) is 53.7 Å². The maximum Gasteiger partial charge on any atom is 0.338 e. The second-order valence-electron chi connectivity index (χ2n) is 7.34. The lowest BCUT2D eigenvalue weighted by Crippen LogP contribution is -2.34. The molecule has 0 saturated carbocycles. The molecule has 0 spiro atoms. The molecule has 1 amide bonds. The van der Waals surface area contributed by atoms with E-state index in [9.17, 15) is 9.59 Å². The third kappa shape index (κ3) is 6.10. The molecule has 31 heavy (non-hydrogen) atoms. The number of carbonyl (C=O) groups excluding carboxylic acids is 2. The number of thioether (sulfide) groups is 1. The standard InChI is InChI=1S/C24H29N3O3S/c1-4-27-21-14-13-19(23(29)30-5-2)15-20(21)26-24(27)31-16-22(28)25-17(3)11-12-18-9-7-6-8-10-18/h6-10,13-15,17H,4-5,11-12,16H2,1-3H3,(H,25,28)/t17-/m0/s1. The Labute approximate surface area is 187 Å². The number of nitrogens with one attached hydrogen (secondary N) is 1. The first-order valence-corrected chi connectivity index (χ1v) is 11.6. The minimum atomic E-state index is -0.353. The molecule has 0 aliphatic carbocycles. The van der Waals surface area contributed by atoms with Crippen molar-refractivity contribution in [3.8, 4) is 0 Å². The van der Waals surface area contributed by atoms with Crippen molar-refractivity contribution >= 4 is 34.7 Å². The van der Waals surface area contributed by atoms with E-state index in [1.807, 2.05) is 38.1 Å². The van der Waals surface area contributed by atoms with Gasteiger partial charge in [0, 0.05) is 12.6 Å². The van der Waals surface area contributed by atoms with Gasteiger partial charge in [-0.2, -0.15) is 0 Å². The normalized spacial score (nSPS) is 12.0. The highest BCUT2D eigenvalue weighted by atomic mass is 32.2. The highest BCUT2D eigenvalue weighted by Crippen LogP contribution is 2.25. The lowest BCUT2D eigenvalue weighted by Gasteiger charge is -2.14. The lowest BCUT2D eigenvalue weighted by molar-refractivity contribution is -0.119. The van der Waals surface area contributed by atoms with Gasteiger partial charge in [-0.05, 0) is 57.4 Å². The van der Waals surface area contributed by atoms with E-state index in [4.69, 9.17) is 4.74 Å². The highest BCUT2D eigenvalue weighted by Gasteiger charge is 2.15. The van der Waals surface area contributed by atoms with Gasteiger partial charge in [-0.15, -0.1) is 0 Å². The Morgan fingerprint density at radius 2 is 1.94 bits per heavy atom. The molecule has 6 nitrogen and oxygen atoms in total. The van der Waals surface area contributed by atoms with Crippen molar-refractivity contribution in [2.75, 3.05) is 12.4 Å². The Bertz CT molecular complexity index is 1030. The summed E-state index contributed by atoms with van der Waals surface area (Å²) in [6.07, 6.45) is 1.83. The summed E-state index contributed by atoms with van der Waals surface area (Å²) < 4.78 is 7.13. The number of fused-ring (bicyclic) bond motifs is 1. The maximum absolute atomic E-state index is 12.4. The topological polar surface area (TPSA) is 73.2 Å². The van der Waals surface area contributed by atoms with Crippen LogP contribution in [0.2, 0.25) is 0 Å². The van der Waals surface area contributed by atoms with Gasteiger partial charge in [0.15, 0.2) is 5.16 Å². The number of benzene rings is 2. The summed E-state index contributed by atoms with van der Waals surface area (Å²) >= 11 is 1.41. The summed E-state index contributed by atoms with van der Waals surface area (Å²) in [4.78, 5) is 29.1. The fourth-order valence-corrected chi connectivity index (χ4v) is 4.30. The summed E-state index contributed by atoms with van der Waals surface area (Å²) in [5.74, 6) is -0.0648. The predicted octanol–water partition coefficient (Wildman–Crippen LogP) is 4.46. The van der Waals surface area contributed by atoms with Gasteiger partial charge in [-0.25, -0.2) is 9.78 Å². The Morgan fingerprint density at radius 1 is 1.16 bits per heavy atom. The first kappa shape index (κ1) is 22.9. The number of hydrogen-bond acceptors (Lipinski definition) is 5. The van der Waals surface area contributed by atoms with Gasteiger partial charge in [-0.1, -0.05) is 42.1 Å². The van der Waals surface area contributed by atoms with Crippen molar-refractivity contribution in [2.24, 2.45) is 0 Å². The SMILES string of the molecule is CCOC(=O)c1ccc2c(c1)nc(SCC(=O)N[C@@H](C)CCc1ccccc1)n2CC. The maximum atomic E-state index is 12.4. The van der Waals surface area contributed by atoms with Gasteiger partial charge >= 0.3 is 5.97 Å². The van der Waals surface area contributed by atoms with Crippen LogP contribution in [-0.2, 0) is 22.5 Å². The number of imidazole rings is 1. The molecule has 164 valence electrons. The second-order valence-corrected chi connectivity index (χ2v) is 8.29. The molecule has 2 aromatic carbocycles. The number of aryl methyl sites for hydroxylation is 2. The van der Waals surface area contributed by atoms with E-state index in [0.29, 0.717) is 17.9 Å². The van der Waals surface area contributed by atoms with Crippen molar-refractivity contribution in [1.82, 2.24) is 14.9 Å². The highest BCUT2D eigenvalue weighted by molar-refractivity contribution is 7.99. The average Bonchev–Trinajstić information content (AvgIpc) is 3.13. The monoisotopic (exact) mass is 439 g/mol. The number of nitrogens with zero attached hydrogens (tertiary/aromatic N) is 2. The van der Waals surface area contributed by atoms with E-state index in [1.54, 1.807) is 19.1 Å². The quantitative estimate of drug-likeness (QED) is 0.373. The van der Waals surface area contributed by atoms with E-state index < -0.39 is 0 Å². The van der Waals surface area contributed by atoms with E-state index in [2.05, 4.69) is 27.0 Å². The first-order valence-electron chi connectivity index (χ1n) is 10.6. The Balaban J connectivity index is 1.59. The van der Waals surface area contributed by atoms with Gasteiger partial charge in [0.05, 0.1) is 29.0 Å². The smallest absolute Gasteiger partial charge is 0.338 e. The van der Waals surface area contributed by atoms with Crippen LogP contribution in [0.25, 0.3) is 11.0 Å². The molecule has 0 radical (unpaired) electrons. The number of ether oxygens (including phenoxy) is 1. The van der Waals surface area contributed by atoms with E-state index in [1.165, 1.54) is 17.3 Å². The van der Waals surface area contributed by atoms with Crippen molar-refractivity contribution in [1.29, 1.82) is 0 Å². The zero-order valence-corrected chi connectivity index (χ0v) is 19.1. The van der Waals surface area contributed by atoms with Gasteiger partial charge < -0.3 is 14.6 Å². The van der Waals surface area contributed by atoms with E-state index in [0.717, 1.165) is 35.6 Å². The molecular formula is C24H29N3O3S. The molecular weight excluding hydrogens is 410 g/mol. The molecule has 1 heterocycles. The third-order valence-corrected chi connectivity index (χ3v) is 5.97. The van der Waals surface area contributed by atoms with Crippen molar-refractivity contribution in [3.05, 3.63) is 59.7 Å². The fraction of sp³-hybridized carbons (Fsp3) is 0.375. The molecule has 0 unspecified atom stereocenters. The Morgan fingerprint density at radius 3 is 2.65 bits per heavy atom. The van der Waals surface area contributed by atoms with Crippen LogP contribution in [-0.4, -0.2) is 39.8 Å². The molecule has 3 rings (SSSR count). The number of amides is 1. The largest absolute Gasteiger partial charge is 0.462 e. The number of hydrogen-bond donors (Lipinski definition) is 1. The molecule has 0 fully saturated rings. The zero-order valence-electron chi connectivity index (χ0n) is 18.3. The van der Waals surface area contributed by atoms with Crippen LogP contribution in [0.1, 0.15) is 43.1 Å². The first-order chi connectivity index (χ1) is 15.0. The molecule has 0 aliphatic heterocycles. The van der Waals surface area contributed by atoms with Crippen LogP contribution in [0.5, 0.6) is 0 Å². The minimum Gasteiger partial charge on any atom is -0.462 e. The molecule has 0 saturated heterocycles. The van der Waals surface area contributed by atoms with Crippen molar-refractivity contribution in [3.63, 3.8) is 0 Å². The zero-order chi connectivity index (χ0) is 22.2. The number of esters is 1. The van der Waals surface area contributed by atoms with E-state index >= 15 is 0 Å². The lowest BCUT2D eigenvalue weighted by atomic mass is 10.1. The summed E-state index contributed by atoms with van der Waals surface area (Å²) in [5.41, 5.74) is 3.43. The molecule has 0 bridgehead atoms. The van der Waals surface area contributed by atoms with Crippen LogP contribution >= 0.6 is 11.8 Å². The number of aromatic nitrogens is 2. The van der Waals surface area contributed by atoms with Crippen LogP contribution < -0.4 is 5.32 Å². The molecule has 1 N–H and O–H groups in total. The van der Waals surface area contributed by atoms with Crippen molar-refractivity contribution in [2.45, 2.75) is 51.4 Å². The molecule has 3 aromatic rings. The predicted molar refractivity (Wildman–Crippen MR) is 124 cm³/mol. The van der Waals surface area contributed by atoms with Gasteiger partial charge in [-0.3, -0.25) is 4.79 Å². The number of carbonyl (C=O) groups is 2. The molecule has 1 aromatic heterocycles. The molecule has 7 heteroatoms. The fourth-order valence-electron chi connectivity index (χ4n) is 3.41. The summed E-state index contributed by atoms with van der Waals surface area (Å²) in [6, 6.07) is 15.8. The molecule has 0 aliphatic rings. The summed E-state index contributed by atoms with van der Waals surface area (Å²) in [7, 11) is 0. The van der Waals surface area contributed by atoms with Gasteiger partial charge in [0.1, 0.15) is 0 Å². The van der Waals surface area contributed by atoms with Crippen molar-refractivity contribution < 1.29 is 14.3 Å². The van der Waals surface area contributed by atoms with Gasteiger partial charge in [0.2, 0.25) is 5.91 Å². The van der Waals surface area contributed by atoms with Gasteiger partial charge in [0.25, 0.3) is 0 Å². The second kappa shape index (κ2) is 11.0. The Kier molecular flexibility index (Phi) is 8.12. The minimum absolute atomic E-state index is 0.00696. The average molecular weight is 440 g/mol. The number of rotatable bonds is 10.